The van der Waals surface area contributed by atoms with Crippen molar-refractivity contribution in [2.24, 2.45) is 0 Å². The van der Waals surface area contributed by atoms with E-state index in [0.29, 0.717) is 6.29 Å². The Morgan fingerprint density at radius 2 is 1.71 bits per heavy atom. The molecule has 2 aromatic carbocycles. The summed E-state index contributed by atoms with van der Waals surface area (Å²) >= 11 is 3.44. The van der Waals surface area contributed by atoms with E-state index in [2.05, 4.69) is 73.3 Å². The fourth-order valence-electron chi connectivity index (χ4n) is 4.78. The van der Waals surface area contributed by atoms with Gasteiger partial charge in [-0.3, -0.25) is 4.79 Å². The van der Waals surface area contributed by atoms with E-state index in [1.807, 2.05) is 24.3 Å². The normalized spacial score (nSPS) is 13.1. The number of para-hydroxylation sites is 1. The Morgan fingerprint density at radius 1 is 0.971 bits per heavy atom. The maximum absolute atomic E-state index is 11.1. The summed E-state index contributed by atoms with van der Waals surface area (Å²) in [5.74, 6) is 0. The first-order valence-corrected chi connectivity index (χ1v) is 13.4. The molecular formula is C30H26N2OS2. The van der Waals surface area contributed by atoms with Gasteiger partial charge in [0.05, 0.1) is 5.57 Å². The number of fused-ring (bicyclic) bond motifs is 2. The monoisotopic (exact) mass is 494 g/mol. The van der Waals surface area contributed by atoms with Gasteiger partial charge in [-0.2, -0.15) is 5.26 Å². The van der Waals surface area contributed by atoms with E-state index < -0.39 is 0 Å². The van der Waals surface area contributed by atoms with Crippen molar-refractivity contribution < 1.29 is 4.79 Å². The maximum Gasteiger partial charge on any atom is 0.160 e. The molecule has 0 N–H and O–H groups in total. The van der Waals surface area contributed by atoms with Gasteiger partial charge in [0.25, 0.3) is 0 Å². The lowest BCUT2D eigenvalue weighted by molar-refractivity contribution is -0.104. The van der Waals surface area contributed by atoms with Crippen molar-refractivity contribution >= 4 is 46.4 Å². The number of carbonyl (C=O) groups is 1. The second-order valence-electron chi connectivity index (χ2n) is 8.83. The predicted molar refractivity (Wildman–Crippen MR) is 149 cm³/mol. The molecule has 5 heteroatoms. The predicted octanol–water partition coefficient (Wildman–Crippen LogP) is 8.12. The number of hydrogen-bond donors (Lipinski definition) is 0. The van der Waals surface area contributed by atoms with Crippen LogP contribution in [-0.2, 0) is 17.6 Å². The number of allylic oxidation sites excluding steroid dienone is 1. The van der Waals surface area contributed by atoms with E-state index in [4.69, 9.17) is 5.26 Å². The second kappa shape index (κ2) is 9.65. The Kier molecular flexibility index (Phi) is 6.42. The number of carbonyl (C=O) groups excluding carboxylic acids is 1. The van der Waals surface area contributed by atoms with E-state index in [0.717, 1.165) is 29.8 Å². The van der Waals surface area contributed by atoms with Crippen LogP contribution in [0.2, 0.25) is 0 Å². The molecule has 1 aliphatic rings. The SMILES string of the molecule is CCN1c2ccccc2CCc2cc(-c3cc(C)c(-c4cc(C)c(/C=C(\C#N)C=O)s4)s3)ccc21. The summed E-state index contributed by atoms with van der Waals surface area (Å²) in [6.07, 6.45) is 4.38. The molecule has 0 radical (unpaired) electrons. The summed E-state index contributed by atoms with van der Waals surface area (Å²) in [5, 5.41) is 9.11. The number of nitriles is 1. The molecule has 3 heterocycles. The van der Waals surface area contributed by atoms with Crippen LogP contribution in [0.3, 0.4) is 0 Å². The lowest BCUT2D eigenvalue weighted by atomic mass is 10.0. The van der Waals surface area contributed by atoms with Gasteiger partial charge in [-0.15, -0.1) is 22.7 Å². The molecular weight excluding hydrogens is 468 g/mol. The molecule has 174 valence electrons. The van der Waals surface area contributed by atoms with Crippen molar-refractivity contribution in [3.05, 3.63) is 87.3 Å². The van der Waals surface area contributed by atoms with Crippen LogP contribution in [0.5, 0.6) is 0 Å². The molecule has 0 fully saturated rings. The highest BCUT2D eigenvalue weighted by Crippen LogP contribution is 2.44. The summed E-state index contributed by atoms with van der Waals surface area (Å²) in [7, 11) is 0. The fourth-order valence-corrected chi connectivity index (χ4v) is 7.24. The summed E-state index contributed by atoms with van der Waals surface area (Å²) in [6.45, 7) is 7.35. The highest BCUT2D eigenvalue weighted by molar-refractivity contribution is 7.24. The van der Waals surface area contributed by atoms with Crippen LogP contribution in [0.4, 0.5) is 11.4 Å². The molecule has 3 nitrogen and oxygen atoms in total. The number of aldehydes is 1. The zero-order chi connectivity index (χ0) is 24.5. The quantitative estimate of drug-likeness (QED) is 0.160. The molecule has 0 aliphatic carbocycles. The van der Waals surface area contributed by atoms with Gasteiger partial charge < -0.3 is 4.90 Å². The number of aryl methyl sites for hydroxylation is 4. The molecule has 0 bridgehead atoms. The summed E-state index contributed by atoms with van der Waals surface area (Å²) < 4.78 is 0. The minimum absolute atomic E-state index is 0.151. The number of hydrogen-bond acceptors (Lipinski definition) is 5. The zero-order valence-corrected chi connectivity index (χ0v) is 21.7. The van der Waals surface area contributed by atoms with E-state index in [-0.39, 0.29) is 5.57 Å². The van der Waals surface area contributed by atoms with Gasteiger partial charge in [0.2, 0.25) is 0 Å². The minimum Gasteiger partial charge on any atom is -0.341 e. The Morgan fingerprint density at radius 3 is 2.49 bits per heavy atom. The van der Waals surface area contributed by atoms with Gasteiger partial charge in [-0.05, 0) is 97.8 Å². The van der Waals surface area contributed by atoms with Crippen LogP contribution < -0.4 is 4.90 Å². The van der Waals surface area contributed by atoms with Crippen molar-refractivity contribution in [1.82, 2.24) is 0 Å². The van der Waals surface area contributed by atoms with E-state index >= 15 is 0 Å². The third-order valence-corrected chi connectivity index (χ3v) is 9.21. The number of benzene rings is 2. The largest absolute Gasteiger partial charge is 0.341 e. The molecule has 0 unspecified atom stereocenters. The van der Waals surface area contributed by atoms with Crippen molar-refractivity contribution in [2.75, 3.05) is 11.4 Å². The number of rotatable bonds is 5. The van der Waals surface area contributed by atoms with Crippen LogP contribution in [0.1, 0.15) is 34.1 Å². The second-order valence-corrected chi connectivity index (χ2v) is 11.0. The highest BCUT2D eigenvalue weighted by atomic mass is 32.1. The first-order chi connectivity index (χ1) is 17.0. The topological polar surface area (TPSA) is 44.1 Å². The maximum atomic E-state index is 11.1. The fraction of sp³-hybridized carbons (Fsp3) is 0.200. The molecule has 2 aromatic heterocycles. The third kappa shape index (κ3) is 4.36. The highest BCUT2D eigenvalue weighted by Gasteiger charge is 2.20. The van der Waals surface area contributed by atoms with Crippen LogP contribution in [-0.4, -0.2) is 12.8 Å². The molecule has 1 aliphatic heterocycles. The van der Waals surface area contributed by atoms with Crippen molar-refractivity contribution in [2.45, 2.75) is 33.6 Å². The Labute approximate surface area is 214 Å². The molecule has 0 atom stereocenters. The lowest BCUT2D eigenvalue weighted by Gasteiger charge is -2.25. The van der Waals surface area contributed by atoms with E-state index in [9.17, 15) is 4.79 Å². The van der Waals surface area contributed by atoms with Gasteiger partial charge in [-0.1, -0.05) is 24.3 Å². The molecule has 35 heavy (non-hydrogen) atoms. The Bertz CT molecular complexity index is 1500. The summed E-state index contributed by atoms with van der Waals surface area (Å²) in [4.78, 5) is 18.2. The van der Waals surface area contributed by atoms with Crippen molar-refractivity contribution in [1.29, 1.82) is 5.26 Å². The van der Waals surface area contributed by atoms with Gasteiger partial charge >= 0.3 is 0 Å². The zero-order valence-electron chi connectivity index (χ0n) is 20.1. The Hall–Kier alpha value is -3.46. The molecule has 0 saturated carbocycles. The standard InChI is InChI=1S/C30H26N2OS2/c1-4-32-25-8-6-5-7-22(25)9-10-23-16-24(11-12-26(23)32)28-14-20(3)30(35-28)29-13-19(2)27(34-29)15-21(17-31)18-33/h5-8,11-16,18H,4,9-10H2,1-3H3/b21-15+. The molecule has 0 amide bonds. The van der Waals surface area contributed by atoms with Gasteiger partial charge in [0.1, 0.15) is 6.07 Å². The average Bonchev–Trinajstić information content (AvgIpc) is 3.39. The van der Waals surface area contributed by atoms with E-state index in [1.165, 1.54) is 48.3 Å². The van der Waals surface area contributed by atoms with Crippen molar-refractivity contribution in [3.8, 4) is 26.3 Å². The molecule has 0 spiro atoms. The third-order valence-electron chi connectivity index (χ3n) is 6.56. The molecule has 4 aromatic rings. The first kappa shape index (κ1) is 23.3. The van der Waals surface area contributed by atoms with Crippen LogP contribution in [0, 0.1) is 25.2 Å². The minimum atomic E-state index is 0.151. The van der Waals surface area contributed by atoms with Gasteiger partial charge in [0.15, 0.2) is 6.29 Å². The van der Waals surface area contributed by atoms with Crippen LogP contribution >= 0.6 is 22.7 Å². The van der Waals surface area contributed by atoms with Crippen LogP contribution in [0.15, 0.2) is 60.2 Å². The van der Waals surface area contributed by atoms with Crippen LogP contribution in [0.25, 0.3) is 26.3 Å². The number of anilines is 2. The average molecular weight is 495 g/mol. The van der Waals surface area contributed by atoms with Crippen molar-refractivity contribution in [3.63, 3.8) is 0 Å². The van der Waals surface area contributed by atoms with Gasteiger partial charge in [0, 0.05) is 37.4 Å². The molecule has 0 saturated heterocycles. The van der Waals surface area contributed by atoms with E-state index in [1.54, 1.807) is 17.4 Å². The Balaban J connectivity index is 1.51. The lowest BCUT2D eigenvalue weighted by Crippen LogP contribution is -2.17. The number of thiophene rings is 2. The summed E-state index contributed by atoms with van der Waals surface area (Å²) in [5.41, 5.74) is 9.17. The van der Waals surface area contributed by atoms with Gasteiger partial charge in [-0.25, -0.2) is 0 Å². The number of nitrogens with zero attached hydrogens (tertiary/aromatic N) is 2. The summed E-state index contributed by atoms with van der Waals surface area (Å²) in [6, 6.07) is 22.1. The first-order valence-electron chi connectivity index (χ1n) is 11.8. The smallest absolute Gasteiger partial charge is 0.160 e. The molecule has 5 rings (SSSR count).